The fraction of sp³-hybridized carbons (Fsp3) is 0.267. The Morgan fingerprint density at radius 2 is 2.00 bits per heavy atom. The summed E-state index contributed by atoms with van der Waals surface area (Å²) in [6, 6.07) is 10.1. The molecule has 3 rings (SSSR count). The minimum absolute atomic E-state index is 0.477. The Hall–Kier alpha value is -2.27. The number of nitrogens with zero attached hydrogens (tertiary/aromatic N) is 4. The summed E-state index contributed by atoms with van der Waals surface area (Å²) in [5, 5.41) is 9.40. The monoisotopic (exact) mass is 267 g/mol. The van der Waals surface area contributed by atoms with Gasteiger partial charge in [-0.1, -0.05) is 29.5 Å². The molecule has 0 aliphatic rings. The van der Waals surface area contributed by atoms with Crippen LogP contribution in [0.5, 0.6) is 0 Å². The molecule has 0 aliphatic carbocycles. The van der Waals surface area contributed by atoms with Gasteiger partial charge in [-0.3, -0.25) is 4.98 Å². The van der Waals surface area contributed by atoms with Gasteiger partial charge in [-0.15, -0.1) is 5.10 Å². The normalized spacial score (nSPS) is 11.9. The average molecular weight is 267 g/mol. The summed E-state index contributed by atoms with van der Waals surface area (Å²) in [5.41, 5.74) is 8.45. The molecule has 1 aromatic carbocycles. The first-order chi connectivity index (χ1) is 9.54. The van der Waals surface area contributed by atoms with Gasteiger partial charge < -0.3 is 5.73 Å². The van der Waals surface area contributed by atoms with Crippen LogP contribution in [0.1, 0.15) is 25.1 Å². The van der Waals surface area contributed by atoms with Crippen molar-refractivity contribution in [1.29, 1.82) is 0 Å². The number of rotatable bonds is 3. The minimum atomic E-state index is -0.477. The Bertz CT molecular complexity index is 734. The largest absolute Gasteiger partial charge is 0.320 e. The quantitative estimate of drug-likeness (QED) is 0.788. The van der Waals surface area contributed by atoms with Crippen LogP contribution in [0.3, 0.4) is 0 Å². The smallest absolute Gasteiger partial charge is 0.102 e. The molecular formula is C15H17N5. The maximum absolute atomic E-state index is 6.03. The molecule has 5 heteroatoms. The molecule has 5 nitrogen and oxygen atoms in total. The summed E-state index contributed by atoms with van der Waals surface area (Å²) in [7, 11) is 0. The Kier molecular flexibility index (Phi) is 2.99. The first-order valence-electron chi connectivity index (χ1n) is 6.56. The number of benzene rings is 1. The second-order valence-corrected chi connectivity index (χ2v) is 5.52. The lowest BCUT2D eigenvalue weighted by Crippen LogP contribution is -2.29. The summed E-state index contributed by atoms with van der Waals surface area (Å²) in [5.74, 6) is 0. The molecule has 0 bridgehead atoms. The fourth-order valence-electron chi connectivity index (χ4n) is 2.14. The van der Waals surface area contributed by atoms with Gasteiger partial charge in [-0.2, -0.15) is 0 Å². The number of hydrogen-bond donors (Lipinski definition) is 1. The Labute approximate surface area is 117 Å². The molecule has 20 heavy (non-hydrogen) atoms. The van der Waals surface area contributed by atoms with Crippen molar-refractivity contribution in [3.63, 3.8) is 0 Å². The van der Waals surface area contributed by atoms with Crippen molar-refractivity contribution < 1.29 is 0 Å². The van der Waals surface area contributed by atoms with Crippen LogP contribution in [0.15, 0.2) is 42.7 Å². The van der Waals surface area contributed by atoms with Crippen LogP contribution in [0.25, 0.3) is 10.9 Å². The molecule has 2 heterocycles. The average Bonchev–Trinajstić information content (AvgIpc) is 2.88. The molecule has 0 amide bonds. The number of fused-ring (bicyclic) bond motifs is 1. The molecule has 3 aromatic rings. The van der Waals surface area contributed by atoms with E-state index in [0.29, 0.717) is 6.54 Å². The third kappa shape index (κ3) is 2.40. The topological polar surface area (TPSA) is 69.6 Å². The third-order valence-electron chi connectivity index (χ3n) is 3.25. The van der Waals surface area contributed by atoms with Gasteiger partial charge in [0.1, 0.15) is 5.69 Å². The van der Waals surface area contributed by atoms with Crippen molar-refractivity contribution in [1.82, 2.24) is 20.0 Å². The van der Waals surface area contributed by atoms with E-state index >= 15 is 0 Å². The SMILES string of the molecule is CC(C)(N)c1cn(Cc2cccc3cccnc23)nn1. The molecule has 0 saturated carbocycles. The fourth-order valence-corrected chi connectivity index (χ4v) is 2.14. The minimum Gasteiger partial charge on any atom is -0.320 e. The van der Waals surface area contributed by atoms with E-state index in [1.807, 2.05) is 38.4 Å². The van der Waals surface area contributed by atoms with Crippen LogP contribution >= 0.6 is 0 Å². The van der Waals surface area contributed by atoms with Gasteiger partial charge in [0, 0.05) is 11.6 Å². The van der Waals surface area contributed by atoms with Crippen LogP contribution in [-0.4, -0.2) is 20.0 Å². The van der Waals surface area contributed by atoms with Gasteiger partial charge in [0.25, 0.3) is 0 Å². The highest BCUT2D eigenvalue weighted by Crippen LogP contribution is 2.18. The number of nitrogens with two attached hydrogens (primary N) is 1. The van der Waals surface area contributed by atoms with Crippen LogP contribution < -0.4 is 5.73 Å². The van der Waals surface area contributed by atoms with Crippen molar-refractivity contribution in [2.24, 2.45) is 5.73 Å². The molecule has 2 N–H and O–H groups in total. The van der Waals surface area contributed by atoms with E-state index in [9.17, 15) is 0 Å². The summed E-state index contributed by atoms with van der Waals surface area (Å²) in [6.45, 7) is 4.47. The lowest BCUT2D eigenvalue weighted by Gasteiger charge is -2.13. The predicted octanol–water partition coefficient (Wildman–Crippen LogP) is 2.07. The lowest BCUT2D eigenvalue weighted by molar-refractivity contribution is 0.533. The second kappa shape index (κ2) is 4.68. The first kappa shape index (κ1) is 12.7. The maximum Gasteiger partial charge on any atom is 0.102 e. The van der Waals surface area contributed by atoms with Gasteiger partial charge in [0.2, 0.25) is 0 Å². The third-order valence-corrected chi connectivity index (χ3v) is 3.25. The van der Waals surface area contributed by atoms with Gasteiger partial charge in [0.15, 0.2) is 0 Å². The van der Waals surface area contributed by atoms with Crippen molar-refractivity contribution in [3.05, 3.63) is 54.0 Å². The molecule has 0 unspecified atom stereocenters. The number of para-hydroxylation sites is 1. The molecule has 0 fully saturated rings. The van der Waals surface area contributed by atoms with E-state index in [-0.39, 0.29) is 0 Å². The van der Waals surface area contributed by atoms with Crippen molar-refractivity contribution in [2.75, 3.05) is 0 Å². The first-order valence-corrected chi connectivity index (χ1v) is 6.56. The highest BCUT2D eigenvalue weighted by atomic mass is 15.4. The summed E-state index contributed by atoms with van der Waals surface area (Å²) < 4.78 is 1.80. The van der Waals surface area contributed by atoms with E-state index in [0.717, 1.165) is 22.2 Å². The van der Waals surface area contributed by atoms with Crippen LogP contribution in [0.2, 0.25) is 0 Å². The Morgan fingerprint density at radius 3 is 2.75 bits per heavy atom. The van der Waals surface area contributed by atoms with Crippen molar-refractivity contribution in [2.45, 2.75) is 25.9 Å². The van der Waals surface area contributed by atoms with E-state index in [1.54, 1.807) is 4.68 Å². The predicted molar refractivity (Wildman–Crippen MR) is 78.1 cm³/mol. The number of hydrogen-bond acceptors (Lipinski definition) is 4. The van der Waals surface area contributed by atoms with Crippen molar-refractivity contribution in [3.8, 4) is 0 Å². The van der Waals surface area contributed by atoms with Crippen LogP contribution in [0, 0.1) is 0 Å². The molecule has 0 spiro atoms. The van der Waals surface area contributed by atoms with E-state index in [2.05, 4.69) is 33.5 Å². The number of aromatic nitrogens is 4. The van der Waals surface area contributed by atoms with Gasteiger partial charge in [0.05, 0.1) is 23.8 Å². The molecule has 2 aromatic heterocycles. The zero-order valence-electron chi connectivity index (χ0n) is 11.6. The lowest BCUT2D eigenvalue weighted by atomic mass is 10.0. The molecule has 0 atom stereocenters. The van der Waals surface area contributed by atoms with E-state index < -0.39 is 5.54 Å². The molecule has 102 valence electrons. The van der Waals surface area contributed by atoms with Gasteiger partial charge >= 0.3 is 0 Å². The summed E-state index contributed by atoms with van der Waals surface area (Å²) in [6.07, 6.45) is 3.70. The molecule has 0 saturated heterocycles. The highest BCUT2D eigenvalue weighted by Gasteiger charge is 2.18. The second-order valence-electron chi connectivity index (χ2n) is 5.52. The highest BCUT2D eigenvalue weighted by molar-refractivity contribution is 5.81. The zero-order chi connectivity index (χ0) is 14.2. The standard InChI is InChI=1S/C15H17N5/c1-15(2,16)13-10-20(19-18-13)9-12-6-3-5-11-7-4-8-17-14(11)12/h3-8,10H,9,16H2,1-2H3. The number of pyridine rings is 1. The Morgan fingerprint density at radius 1 is 1.20 bits per heavy atom. The van der Waals surface area contributed by atoms with Gasteiger partial charge in [-0.05, 0) is 25.5 Å². The van der Waals surface area contributed by atoms with Crippen LogP contribution in [0.4, 0.5) is 0 Å². The van der Waals surface area contributed by atoms with E-state index in [1.165, 1.54) is 0 Å². The summed E-state index contributed by atoms with van der Waals surface area (Å²) >= 11 is 0. The molecule has 0 radical (unpaired) electrons. The molecular weight excluding hydrogens is 250 g/mol. The summed E-state index contributed by atoms with van der Waals surface area (Å²) in [4.78, 5) is 4.45. The van der Waals surface area contributed by atoms with Crippen LogP contribution in [-0.2, 0) is 12.1 Å². The van der Waals surface area contributed by atoms with Gasteiger partial charge in [-0.25, -0.2) is 4.68 Å². The zero-order valence-corrected chi connectivity index (χ0v) is 11.6. The molecule has 0 aliphatic heterocycles. The van der Waals surface area contributed by atoms with Crippen molar-refractivity contribution >= 4 is 10.9 Å². The maximum atomic E-state index is 6.03. The Balaban J connectivity index is 1.96. The van der Waals surface area contributed by atoms with E-state index in [4.69, 9.17) is 5.73 Å².